The fourth-order valence-corrected chi connectivity index (χ4v) is 5.19. The van der Waals surface area contributed by atoms with Crippen molar-refractivity contribution in [2.24, 2.45) is 0 Å². The minimum atomic E-state index is -3.94. The van der Waals surface area contributed by atoms with E-state index >= 15 is 0 Å². The van der Waals surface area contributed by atoms with Crippen molar-refractivity contribution in [2.45, 2.75) is 17.4 Å². The van der Waals surface area contributed by atoms with E-state index in [1.807, 2.05) is 0 Å². The quantitative estimate of drug-likeness (QED) is 0.778. The molecule has 156 valence electrons. The number of benzene rings is 2. The number of nitrogens with zero attached hydrogens (tertiary/aromatic N) is 2. The van der Waals surface area contributed by atoms with Crippen LogP contribution < -0.4 is 9.62 Å². The maximum Gasteiger partial charge on any atom is 0.243 e. The molecule has 0 aliphatic carbocycles. The first-order valence-corrected chi connectivity index (χ1v) is 11.3. The van der Waals surface area contributed by atoms with Crippen LogP contribution in [0.3, 0.4) is 0 Å². The first kappa shape index (κ1) is 20.3. The second-order valence-electron chi connectivity index (χ2n) is 7.51. The van der Waals surface area contributed by atoms with Crippen molar-refractivity contribution in [1.29, 1.82) is 0 Å². The Kier molecular flexibility index (Phi) is 5.87. The van der Waals surface area contributed by atoms with Crippen molar-refractivity contribution >= 4 is 15.7 Å². The van der Waals surface area contributed by atoms with E-state index in [0.717, 1.165) is 37.7 Å². The van der Waals surface area contributed by atoms with Crippen molar-refractivity contribution in [2.75, 3.05) is 51.3 Å². The normalized spacial score (nSPS) is 18.6. The zero-order valence-electron chi connectivity index (χ0n) is 16.5. The lowest BCUT2D eigenvalue weighted by molar-refractivity contribution is 0.0172. The number of hydrogen-bond donors (Lipinski definition) is 1. The molecule has 0 aromatic heterocycles. The lowest BCUT2D eigenvalue weighted by atomic mass is 10.0. The smallest absolute Gasteiger partial charge is 0.243 e. The van der Waals surface area contributed by atoms with E-state index < -0.39 is 15.8 Å². The highest BCUT2D eigenvalue weighted by Gasteiger charge is 2.27. The number of anilines is 1. The Morgan fingerprint density at radius 3 is 2.66 bits per heavy atom. The average Bonchev–Trinajstić information content (AvgIpc) is 3.09. The third-order valence-electron chi connectivity index (χ3n) is 5.70. The molecule has 29 heavy (non-hydrogen) atoms. The Hall–Kier alpha value is -2.00. The maximum atomic E-state index is 14.0. The van der Waals surface area contributed by atoms with Gasteiger partial charge in [0, 0.05) is 45.0 Å². The summed E-state index contributed by atoms with van der Waals surface area (Å²) >= 11 is 0. The summed E-state index contributed by atoms with van der Waals surface area (Å²) in [4.78, 5) is 4.13. The summed E-state index contributed by atoms with van der Waals surface area (Å²) in [5.74, 6) is -0.747. The van der Waals surface area contributed by atoms with Crippen molar-refractivity contribution in [1.82, 2.24) is 9.62 Å². The van der Waals surface area contributed by atoms with Crippen molar-refractivity contribution in [3.05, 3.63) is 59.4 Å². The SMILES string of the molecule is CN1CCc2cc([C@@H](CNS(=O)(=O)c3ccccc3F)N3CCOCC3)ccc21. The summed E-state index contributed by atoms with van der Waals surface area (Å²) in [6, 6.07) is 11.7. The van der Waals surface area contributed by atoms with Gasteiger partial charge < -0.3 is 9.64 Å². The molecule has 0 spiro atoms. The van der Waals surface area contributed by atoms with Gasteiger partial charge in [-0.3, -0.25) is 4.90 Å². The van der Waals surface area contributed by atoms with Gasteiger partial charge in [0.1, 0.15) is 10.7 Å². The highest BCUT2D eigenvalue weighted by Crippen LogP contribution is 2.31. The first-order valence-electron chi connectivity index (χ1n) is 9.86. The van der Waals surface area contributed by atoms with Crippen molar-refractivity contribution in [3.8, 4) is 0 Å². The summed E-state index contributed by atoms with van der Waals surface area (Å²) in [7, 11) is -1.87. The molecule has 6 nitrogen and oxygen atoms in total. The van der Waals surface area contributed by atoms with Crippen molar-refractivity contribution < 1.29 is 17.5 Å². The predicted molar refractivity (Wildman–Crippen MR) is 110 cm³/mol. The number of hydrogen-bond acceptors (Lipinski definition) is 5. The van der Waals surface area contributed by atoms with Gasteiger partial charge >= 0.3 is 0 Å². The molecule has 4 rings (SSSR count). The molecule has 0 saturated carbocycles. The number of sulfonamides is 1. The van der Waals surface area contributed by atoms with Gasteiger partial charge in [0.05, 0.1) is 13.2 Å². The molecule has 0 unspecified atom stereocenters. The highest BCUT2D eigenvalue weighted by atomic mass is 32.2. The van der Waals surface area contributed by atoms with Gasteiger partial charge in [-0.2, -0.15) is 0 Å². The van der Waals surface area contributed by atoms with Crippen LogP contribution >= 0.6 is 0 Å². The molecular weight excluding hydrogens is 393 g/mol. The third kappa shape index (κ3) is 4.30. The fraction of sp³-hybridized carbons (Fsp3) is 0.429. The molecule has 1 saturated heterocycles. The molecule has 1 N–H and O–H groups in total. The number of fused-ring (bicyclic) bond motifs is 1. The summed E-state index contributed by atoms with van der Waals surface area (Å²) in [6.07, 6.45) is 0.983. The van der Waals surface area contributed by atoms with Crippen LogP contribution in [-0.4, -0.2) is 59.8 Å². The monoisotopic (exact) mass is 419 g/mol. The van der Waals surface area contributed by atoms with Crippen LogP contribution in [0, 0.1) is 5.82 Å². The zero-order valence-corrected chi connectivity index (χ0v) is 17.3. The van der Waals surface area contributed by atoms with E-state index in [2.05, 4.69) is 39.8 Å². The Morgan fingerprint density at radius 2 is 1.90 bits per heavy atom. The summed E-state index contributed by atoms with van der Waals surface area (Å²) in [5.41, 5.74) is 3.57. The van der Waals surface area contributed by atoms with E-state index in [-0.39, 0.29) is 17.5 Å². The van der Waals surface area contributed by atoms with Gasteiger partial charge in [-0.05, 0) is 35.7 Å². The Bertz CT molecular complexity index is 977. The topological polar surface area (TPSA) is 61.9 Å². The van der Waals surface area contributed by atoms with Crippen molar-refractivity contribution in [3.63, 3.8) is 0 Å². The maximum absolute atomic E-state index is 14.0. The van der Waals surface area contributed by atoms with E-state index in [1.165, 1.54) is 29.4 Å². The van der Waals surface area contributed by atoms with E-state index in [9.17, 15) is 12.8 Å². The second-order valence-corrected chi connectivity index (χ2v) is 9.24. The average molecular weight is 420 g/mol. The largest absolute Gasteiger partial charge is 0.379 e. The zero-order chi connectivity index (χ0) is 20.4. The van der Waals surface area contributed by atoms with Gasteiger partial charge in [0.15, 0.2) is 0 Å². The second kappa shape index (κ2) is 8.39. The van der Waals surface area contributed by atoms with E-state index in [1.54, 1.807) is 0 Å². The number of ether oxygens (including phenoxy) is 1. The Balaban J connectivity index is 1.59. The molecule has 2 heterocycles. The van der Waals surface area contributed by atoms with Gasteiger partial charge in [0.25, 0.3) is 0 Å². The fourth-order valence-electron chi connectivity index (χ4n) is 4.07. The molecule has 0 amide bonds. The number of nitrogens with one attached hydrogen (secondary N) is 1. The molecule has 8 heteroatoms. The van der Waals surface area contributed by atoms with E-state index in [0.29, 0.717) is 13.2 Å². The van der Waals surface area contributed by atoms with Crippen LogP contribution in [0.15, 0.2) is 47.4 Å². The van der Waals surface area contributed by atoms with Gasteiger partial charge in [0.2, 0.25) is 10.0 Å². The minimum Gasteiger partial charge on any atom is -0.379 e. The summed E-state index contributed by atoms with van der Waals surface area (Å²) in [5, 5.41) is 0. The molecular formula is C21H26FN3O3S. The standard InChI is InChI=1S/C21H26FN3O3S/c1-24-9-8-17-14-16(6-7-19(17)24)20(25-10-12-28-13-11-25)15-23-29(26,27)21-5-3-2-4-18(21)22/h2-7,14,20,23H,8-13,15H2,1H3/t20-/m1/s1. The van der Waals surface area contributed by atoms with Crippen LogP contribution in [0.1, 0.15) is 17.2 Å². The lowest BCUT2D eigenvalue weighted by Crippen LogP contribution is -2.43. The number of rotatable bonds is 6. The highest BCUT2D eigenvalue weighted by molar-refractivity contribution is 7.89. The lowest BCUT2D eigenvalue weighted by Gasteiger charge is -2.35. The van der Waals surface area contributed by atoms with Crippen LogP contribution in [0.25, 0.3) is 0 Å². The molecule has 2 aliphatic rings. The summed E-state index contributed by atoms with van der Waals surface area (Å²) < 4.78 is 47.5. The van der Waals surface area contributed by atoms with Crippen LogP contribution in [0.5, 0.6) is 0 Å². The Morgan fingerprint density at radius 1 is 1.14 bits per heavy atom. The van der Waals surface area contributed by atoms with E-state index in [4.69, 9.17) is 4.74 Å². The van der Waals surface area contributed by atoms with Gasteiger partial charge in [-0.15, -0.1) is 0 Å². The Labute approximate surface area is 171 Å². The van der Waals surface area contributed by atoms with Crippen LogP contribution in [-0.2, 0) is 21.2 Å². The first-order chi connectivity index (χ1) is 14.0. The number of likely N-dealkylation sites (N-methyl/N-ethyl adjacent to an activating group) is 1. The molecule has 2 aromatic carbocycles. The minimum absolute atomic E-state index is 0.142. The van der Waals surface area contributed by atoms with Gasteiger partial charge in [-0.25, -0.2) is 17.5 Å². The molecule has 2 aliphatic heterocycles. The number of morpholine rings is 1. The molecule has 0 bridgehead atoms. The third-order valence-corrected chi connectivity index (χ3v) is 7.15. The van der Waals surface area contributed by atoms with Crippen LogP contribution in [0.2, 0.25) is 0 Å². The molecule has 1 atom stereocenters. The summed E-state index contributed by atoms with van der Waals surface area (Å²) in [6.45, 7) is 3.84. The molecule has 1 fully saturated rings. The number of halogens is 1. The molecule has 2 aromatic rings. The molecule has 0 radical (unpaired) electrons. The van der Waals surface area contributed by atoms with Gasteiger partial charge in [-0.1, -0.05) is 24.3 Å². The van der Waals surface area contributed by atoms with Crippen LogP contribution in [0.4, 0.5) is 10.1 Å². The predicted octanol–water partition coefficient (Wildman–Crippen LogP) is 2.17.